The van der Waals surface area contributed by atoms with Crippen molar-refractivity contribution in [3.63, 3.8) is 0 Å². The molecule has 1 aromatic heterocycles. The van der Waals surface area contributed by atoms with Crippen molar-refractivity contribution in [2.75, 3.05) is 19.8 Å². The first-order valence-electron chi connectivity index (χ1n) is 8.40. The fourth-order valence-electron chi connectivity index (χ4n) is 3.31. The first kappa shape index (κ1) is 16.4. The van der Waals surface area contributed by atoms with Crippen LogP contribution >= 0.6 is 0 Å². The van der Waals surface area contributed by atoms with Crippen LogP contribution < -0.4 is 9.47 Å². The van der Waals surface area contributed by atoms with Crippen LogP contribution in [0.3, 0.4) is 0 Å². The second kappa shape index (κ2) is 6.34. The number of aromatic nitrogens is 1. The monoisotopic (exact) mass is 364 g/mol. The zero-order valence-corrected chi connectivity index (χ0v) is 14.8. The maximum absolute atomic E-state index is 13.2. The Bertz CT molecular complexity index is 877. The van der Waals surface area contributed by atoms with E-state index >= 15 is 0 Å². The summed E-state index contributed by atoms with van der Waals surface area (Å²) in [6.45, 7) is 3.35. The summed E-state index contributed by atoms with van der Waals surface area (Å²) < 4.78 is 44.2. The summed E-state index contributed by atoms with van der Waals surface area (Å²) in [5, 5.41) is 4.01. The fourth-order valence-corrected chi connectivity index (χ4v) is 4.99. The molecule has 3 heterocycles. The van der Waals surface area contributed by atoms with E-state index in [9.17, 15) is 8.42 Å². The van der Waals surface area contributed by atoms with Crippen molar-refractivity contribution >= 4 is 10.0 Å². The average Bonchev–Trinajstić information content (AvgIpc) is 3.18. The van der Waals surface area contributed by atoms with Gasteiger partial charge in [0.15, 0.2) is 11.5 Å². The summed E-state index contributed by atoms with van der Waals surface area (Å²) in [6.07, 6.45) is 2.30. The van der Waals surface area contributed by atoms with Gasteiger partial charge in [-0.1, -0.05) is 5.16 Å². The first-order chi connectivity index (χ1) is 12.1. The average molecular weight is 364 g/mol. The number of fused-ring (bicyclic) bond motifs is 1. The highest BCUT2D eigenvalue weighted by Crippen LogP contribution is 2.38. The Balaban J connectivity index is 1.68. The van der Waals surface area contributed by atoms with Gasteiger partial charge in [0.2, 0.25) is 10.0 Å². The predicted octanol–water partition coefficient (Wildman–Crippen LogP) is 2.67. The van der Waals surface area contributed by atoms with Gasteiger partial charge in [0.25, 0.3) is 0 Å². The molecule has 25 heavy (non-hydrogen) atoms. The Hall–Kier alpha value is -2.06. The summed E-state index contributed by atoms with van der Waals surface area (Å²) >= 11 is 0. The van der Waals surface area contributed by atoms with Gasteiger partial charge in [0.05, 0.1) is 24.2 Å². The maximum Gasteiger partial charge on any atom is 0.243 e. The van der Waals surface area contributed by atoms with Crippen LogP contribution in [0.1, 0.15) is 36.8 Å². The van der Waals surface area contributed by atoms with E-state index in [2.05, 4.69) is 5.16 Å². The molecule has 0 amide bonds. The molecule has 0 radical (unpaired) electrons. The Kier molecular flexibility index (Phi) is 4.16. The molecule has 1 saturated heterocycles. The molecule has 8 heteroatoms. The summed E-state index contributed by atoms with van der Waals surface area (Å²) in [6, 6.07) is 6.30. The van der Waals surface area contributed by atoms with Crippen LogP contribution in [0.5, 0.6) is 11.5 Å². The van der Waals surface area contributed by atoms with Crippen molar-refractivity contribution in [1.29, 1.82) is 0 Å². The third-order valence-corrected chi connectivity index (χ3v) is 6.42. The molecule has 0 N–H and O–H groups in total. The third-order valence-electron chi connectivity index (χ3n) is 4.52. The first-order valence-corrected chi connectivity index (χ1v) is 9.84. The minimum atomic E-state index is -3.66. The molecular weight excluding hydrogens is 344 g/mol. The van der Waals surface area contributed by atoms with Crippen molar-refractivity contribution < 1.29 is 22.4 Å². The van der Waals surface area contributed by atoms with Gasteiger partial charge < -0.3 is 14.0 Å². The molecule has 1 aromatic carbocycles. The van der Waals surface area contributed by atoms with Crippen LogP contribution in [0.2, 0.25) is 0 Å². The molecule has 0 spiro atoms. The minimum absolute atomic E-state index is 0.212. The second-order valence-corrected chi connectivity index (χ2v) is 8.19. The minimum Gasteiger partial charge on any atom is -0.490 e. The zero-order chi connectivity index (χ0) is 17.4. The standard InChI is InChI=1S/C17H20N2O5S/c1-12-10-14(18-24-12)15-4-2-7-19(15)25(20,21)13-5-6-16-17(11-13)23-9-3-8-22-16/h5-6,10-11,15H,2-4,7-9H2,1H3/t15-/m1/s1. The second-order valence-electron chi connectivity index (χ2n) is 6.30. The van der Waals surface area contributed by atoms with Gasteiger partial charge in [0.1, 0.15) is 11.5 Å². The van der Waals surface area contributed by atoms with Gasteiger partial charge in [-0.2, -0.15) is 4.31 Å². The molecular formula is C17H20N2O5S. The third kappa shape index (κ3) is 3.00. The molecule has 0 unspecified atom stereocenters. The summed E-state index contributed by atoms with van der Waals surface area (Å²) in [4.78, 5) is 0.212. The molecule has 2 aromatic rings. The Labute approximate surface area is 146 Å². The number of rotatable bonds is 3. The Morgan fingerprint density at radius 1 is 1.12 bits per heavy atom. The number of hydrogen-bond acceptors (Lipinski definition) is 6. The molecule has 2 aliphatic heterocycles. The van der Waals surface area contributed by atoms with Crippen molar-refractivity contribution in [2.24, 2.45) is 0 Å². The van der Waals surface area contributed by atoms with E-state index in [4.69, 9.17) is 14.0 Å². The van der Waals surface area contributed by atoms with Gasteiger partial charge in [-0.05, 0) is 31.9 Å². The topological polar surface area (TPSA) is 81.9 Å². The van der Waals surface area contributed by atoms with Crippen LogP contribution in [0.25, 0.3) is 0 Å². The molecule has 134 valence electrons. The van der Waals surface area contributed by atoms with Crippen LogP contribution in [0, 0.1) is 6.92 Å². The van der Waals surface area contributed by atoms with Gasteiger partial charge in [-0.3, -0.25) is 0 Å². The van der Waals surface area contributed by atoms with Gasteiger partial charge in [0, 0.05) is 25.1 Å². The number of hydrogen-bond donors (Lipinski definition) is 0. The highest BCUT2D eigenvalue weighted by atomic mass is 32.2. The summed E-state index contributed by atoms with van der Waals surface area (Å²) in [7, 11) is -3.66. The Morgan fingerprint density at radius 3 is 2.68 bits per heavy atom. The molecule has 1 fully saturated rings. The molecule has 0 saturated carbocycles. The molecule has 1 atom stereocenters. The highest BCUT2D eigenvalue weighted by molar-refractivity contribution is 7.89. The van der Waals surface area contributed by atoms with E-state index < -0.39 is 10.0 Å². The quantitative estimate of drug-likeness (QED) is 0.833. The molecule has 0 aliphatic carbocycles. The smallest absolute Gasteiger partial charge is 0.243 e. The van der Waals surface area contributed by atoms with Crippen molar-refractivity contribution in [2.45, 2.75) is 37.1 Å². The Morgan fingerprint density at radius 2 is 1.92 bits per heavy atom. The molecule has 0 bridgehead atoms. The van der Waals surface area contributed by atoms with E-state index in [1.807, 2.05) is 0 Å². The number of benzene rings is 1. The zero-order valence-electron chi connectivity index (χ0n) is 14.0. The lowest BCUT2D eigenvalue weighted by Gasteiger charge is -2.22. The highest BCUT2D eigenvalue weighted by Gasteiger charge is 2.38. The van der Waals surface area contributed by atoms with E-state index in [1.54, 1.807) is 31.2 Å². The van der Waals surface area contributed by atoms with Crippen LogP contribution in [0.4, 0.5) is 0 Å². The van der Waals surface area contributed by atoms with Crippen LogP contribution in [-0.2, 0) is 10.0 Å². The summed E-state index contributed by atoms with van der Waals surface area (Å²) in [5.41, 5.74) is 0.660. The van der Waals surface area contributed by atoms with Crippen LogP contribution in [0.15, 0.2) is 33.7 Å². The van der Waals surface area contributed by atoms with Crippen LogP contribution in [-0.4, -0.2) is 37.6 Å². The SMILES string of the molecule is Cc1cc([C@H]2CCCN2S(=O)(=O)c2ccc3c(c2)OCCCO3)no1. The predicted molar refractivity (Wildman–Crippen MR) is 89.2 cm³/mol. The normalized spacial score (nSPS) is 21.2. The molecule has 7 nitrogen and oxygen atoms in total. The maximum atomic E-state index is 13.2. The van der Waals surface area contributed by atoms with Crippen molar-refractivity contribution in [1.82, 2.24) is 9.46 Å². The number of aryl methyl sites for hydroxylation is 1. The van der Waals surface area contributed by atoms with Crippen molar-refractivity contribution in [3.05, 3.63) is 35.7 Å². The molecule has 2 aliphatic rings. The van der Waals surface area contributed by atoms with Crippen molar-refractivity contribution in [3.8, 4) is 11.5 Å². The van der Waals surface area contributed by atoms with E-state index in [1.165, 1.54) is 4.31 Å². The van der Waals surface area contributed by atoms with E-state index in [0.29, 0.717) is 42.7 Å². The largest absolute Gasteiger partial charge is 0.490 e. The van der Waals surface area contributed by atoms with Gasteiger partial charge >= 0.3 is 0 Å². The number of ether oxygens (including phenoxy) is 2. The van der Waals surface area contributed by atoms with E-state index in [0.717, 1.165) is 19.3 Å². The summed E-state index contributed by atoms with van der Waals surface area (Å²) in [5.74, 6) is 1.74. The van der Waals surface area contributed by atoms with Gasteiger partial charge in [-0.25, -0.2) is 8.42 Å². The van der Waals surface area contributed by atoms with Gasteiger partial charge in [-0.15, -0.1) is 0 Å². The van der Waals surface area contributed by atoms with E-state index in [-0.39, 0.29) is 10.9 Å². The lowest BCUT2D eigenvalue weighted by atomic mass is 10.1. The lowest BCUT2D eigenvalue weighted by Crippen LogP contribution is -2.30. The fraction of sp³-hybridized carbons (Fsp3) is 0.471. The number of sulfonamides is 1. The lowest BCUT2D eigenvalue weighted by molar-refractivity contribution is 0.296. The molecule has 4 rings (SSSR count). The number of nitrogens with zero attached hydrogens (tertiary/aromatic N) is 2.